The molecule has 0 aromatic heterocycles. The van der Waals surface area contributed by atoms with E-state index in [2.05, 4.69) is 5.32 Å². The predicted molar refractivity (Wildman–Crippen MR) is 53.9 cm³/mol. The minimum atomic E-state index is -0.0533. The van der Waals surface area contributed by atoms with Crippen molar-refractivity contribution in [3.05, 3.63) is 35.9 Å². The molecule has 0 amide bonds. The molecule has 0 saturated heterocycles. The summed E-state index contributed by atoms with van der Waals surface area (Å²) >= 11 is 0. The molecule has 1 atom stereocenters. The topological polar surface area (TPSA) is 29.1 Å². The van der Waals surface area contributed by atoms with Gasteiger partial charge in [-0.3, -0.25) is 4.79 Å². The first-order chi connectivity index (χ1) is 6.29. The molecule has 1 aromatic rings. The summed E-state index contributed by atoms with van der Waals surface area (Å²) in [5.41, 5.74) is 0.781. The molecule has 1 aromatic carbocycles. The number of likely N-dealkylation sites (N-methyl/N-ethyl adjacent to an activating group) is 1. The Kier molecular flexibility index (Phi) is 3.65. The number of ketones is 1. The van der Waals surface area contributed by atoms with Crippen LogP contribution in [-0.2, 0) is 0 Å². The number of hydrogen-bond donors (Lipinski definition) is 1. The highest BCUT2D eigenvalue weighted by atomic mass is 16.1. The van der Waals surface area contributed by atoms with E-state index >= 15 is 0 Å². The van der Waals surface area contributed by atoms with Crippen LogP contribution < -0.4 is 5.32 Å². The van der Waals surface area contributed by atoms with E-state index in [0.29, 0.717) is 0 Å². The van der Waals surface area contributed by atoms with E-state index in [1.54, 1.807) is 0 Å². The summed E-state index contributed by atoms with van der Waals surface area (Å²) in [7, 11) is 1.81. The Morgan fingerprint density at radius 1 is 1.38 bits per heavy atom. The van der Waals surface area contributed by atoms with Crippen LogP contribution in [0.25, 0.3) is 0 Å². The molecule has 13 heavy (non-hydrogen) atoms. The molecule has 0 bridgehead atoms. The lowest BCUT2D eigenvalue weighted by atomic mass is 10.0. The standard InChI is InChI=1S/C11H15NO/c1-3-10(12-2)11(13)9-7-5-4-6-8-9/h4-8,10,12H,3H2,1-2H3/t10-/m1/s1. The van der Waals surface area contributed by atoms with Crippen molar-refractivity contribution in [2.24, 2.45) is 0 Å². The SMILES string of the molecule is CC[C@@H](NC)C(=O)c1ccccc1. The molecule has 0 fully saturated rings. The van der Waals surface area contributed by atoms with Gasteiger partial charge in [-0.05, 0) is 13.5 Å². The summed E-state index contributed by atoms with van der Waals surface area (Å²) in [4.78, 5) is 11.7. The highest BCUT2D eigenvalue weighted by Crippen LogP contribution is 2.05. The van der Waals surface area contributed by atoms with Crippen molar-refractivity contribution in [3.8, 4) is 0 Å². The van der Waals surface area contributed by atoms with Crippen LogP contribution in [-0.4, -0.2) is 18.9 Å². The van der Waals surface area contributed by atoms with Gasteiger partial charge in [0.15, 0.2) is 5.78 Å². The van der Waals surface area contributed by atoms with Gasteiger partial charge in [-0.15, -0.1) is 0 Å². The largest absolute Gasteiger partial charge is 0.310 e. The van der Waals surface area contributed by atoms with Gasteiger partial charge in [0.05, 0.1) is 6.04 Å². The third-order valence-corrected chi connectivity index (χ3v) is 2.13. The van der Waals surface area contributed by atoms with Crippen molar-refractivity contribution in [2.75, 3.05) is 7.05 Å². The Bertz CT molecular complexity index is 265. The van der Waals surface area contributed by atoms with Crippen LogP contribution in [0.3, 0.4) is 0 Å². The normalized spacial score (nSPS) is 12.5. The lowest BCUT2D eigenvalue weighted by Crippen LogP contribution is -2.33. The van der Waals surface area contributed by atoms with Gasteiger partial charge < -0.3 is 5.32 Å². The molecule has 0 aliphatic heterocycles. The minimum Gasteiger partial charge on any atom is -0.310 e. The van der Waals surface area contributed by atoms with Gasteiger partial charge in [-0.2, -0.15) is 0 Å². The van der Waals surface area contributed by atoms with Gasteiger partial charge in [0, 0.05) is 5.56 Å². The molecular weight excluding hydrogens is 162 g/mol. The summed E-state index contributed by atoms with van der Waals surface area (Å²) in [6.45, 7) is 2.00. The van der Waals surface area contributed by atoms with Crippen molar-refractivity contribution in [1.29, 1.82) is 0 Å². The third kappa shape index (κ3) is 2.39. The zero-order valence-corrected chi connectivity index (χ0v) is 8.08. The number of nitrogens with one attached hydrogen (secondary N) is 1. The van der Waals surface area contributed by atoms with Crippen LogP contribution in [0.5, 0.6) is 0 Å². The Hall–Kier alpha value is -1.15. The number of rotatable bonds is 4. The lowest BCUT2D eigenvalue weighted by molar-refractivity contribution is 0.0945. The number of carbonyl (C=O) groups is 1. The highest BCUT2D eigenvalue weighted by Gasteiger charge is 2.14. The smallest absolute Gasteiger partial charge is 0.179 e. The second kappa shape index (κ2) is 4.77. The minimum absolute atomic E-state index is 0.0533. The molecule has 0 heterocycles. The van der Waals surface area contributed by atoms with E-state index in [0.717, 1.165) is 12.0 Å². The molecule has 0 spiro atoms. The number of carbonyl (C=O) groups excluding carboxylic acids is 1. The maximum Gasteiger partial charge on any atom is 0.179 e. The fourth-order valence-corrected chi connectivity index (χ4v) is 1.32. The van der Waals surface area contributed by atoms with E-state index < -0.39 is 0 Å². The molecule has 0 aliphatic rings. The molecule has 2 nitrogen and oxygen atoms in total. The Balaban J connectivity index is 2.78. The zero-order valence-electron chi connectivity index (χ0n) is 8.08. The average molecular weight is 177 g/mol. The molecule has 0 radical (unpaired) electrons. The molecule has 0 saturated carbocycles. The molecule has 0 unspecified atom stereocenters. The molecule has 70 valence electrons. The van der Waals surface area contributed by atoms with Crippen LogP contribution in [0.1, 0.15) is 23.7 Å². The van der Waals surface area contributed by atoms with Crippen LogP contribution in [0.4, 0.5) is 0 Å². The van der Waals surface area contributed by atoms with E-state index in [1.165, 1.54) is 0 Å². The fraction of sp³-hybridized carbons (Fsp3) is 0.364. The Morgan fingerprint density at radius 3 is 2.46 bits per heavy atom. The van der Waals surface area contributed by atoms with Gasteiger partial charge in [0.2, 0.25) is 0 Å². The summed E-state index contributed by atoms with van der Waals surface area (Å²) < 4.78 is 0. The zero-order chi connectivity index (χ0) is 9.68. The molecule has 1 N–H and O–H groups in total. The van der Waals surface area contributed by atoms with Crippen molar-refractivity contribution in [3.63, 3.8) is 0 Å². The average Bonchev–Trinajstić information content (AvgIpc) is 2.21. The van der Waals surface area contributed by atoms with Crippen LogP contribution in [0.2, 0.25) is 0 Å². The molecule has 1 rings (SSSR count). The van der Waals surface area contributed by atoms with Gasteiger partial charge in [-0.25, -0.2) is 0 Å². The maximum absolute atomic E-state index is 11.7. The van der Waals surface area contributed by atoms with Crippen molar-refractivity contribution in [2.45, 2.75) is 19.4 Å². The Labute approximate surface area is 79.0 Å². The lowest BCUT2D eigenvalue weighted by Gasteiger charge is -2.11. The van der Waals surface area contributed by atoms with E-state index in [4.69, 9.17) is 0 Å². The number of benzene rings is 1. The summed E-state index contributed by atoms with van der Waals surface area (Å²) in [5, 5.41) is 3.00. The van der Waals surface area contributed by atoms with Gasteiger partial charge in [0.1, 0.15) is 0 Å². The third-order valence-electron chi connectivity index (χ3n) is 2.13. The highest BCUT2D eigenvalue weighted by molar-refractivity contribution is 5.99. The first-order valence-electron chi connectivity index (χ1n) is 4.56. The first kappa shape index (κ1) is 9.93. The monoisotopic (exact) mass is 177 g/mol. The van der Waals surface area contributed by atoms with Gasteiger partial charge >= 0.3 is 0 Å². The van der Waals surface area contributed by atoms with Crippen LogP contribution in [0.15, 0.2) is 30.3 Å². The molecular formula is C11H15NO. The quantitative estimate of drug-likeness (QED) is 0.711. The summed E-state index contributed by atoms with van der Waals surface area (Å²) in [6.07, 6.45) is 0.824. The molecule has 0 aliphatic carbocycles. The van der Waals surface area contributed by atoms with Crippen molar-refractivity contribution in [1.82, 2.24) is 5.32 Å². The van der Waals surface area contributed by atoms with Crippen LogP contribution in [0, 0.1) is 0 Å². The van der Waals surface area contributed by atoms with E-state index in [-0.39, 0.29) is 11.8 Å². The number of hydrogen-bond acceptors (Lipinski definition) is 2. The maximum atomic E-state index is 11.7. The first-order valence-corrected chi connectivity index (χ1v) is 4.56. The van der Waals surface area contributed by atoms with Crippen molar-refractivity contribution >= 4 is 5.78 Å². The second-order valence-corrected chi connectivity index (χ2v) is 2.98. The summed E-state index contributed by atoms with van der Waals surface area (Å²) in [6, 6.07) is 9.33. The van der Waals surface area contributed by atoms with Crippen molar-refractivity contribution < 1.29 is 4.79 Å². The van der Waals surface area contributed by atoms with E-state index in [1.807, 2.05) is 44.3 Å². The van der Waals surface area contributed by atoms with E-state index in [9.17, 15) is 4.79 Å². The molecule has 2 heteroatoms. The number of Topliss-reactive ketones (excluding diaryl/α,β-unsaturated/α-hetero) is 1. The second-order valence-electron chi connectivity index (χ2n) is 2.98. The summed E-state index contributed by atoms with van der Waals surface area (Å²) in [5.74, 6) is 0.172. The fourth-order valence-electron chi connectivity index (χ4n) is 1.32. The Morgan fingerprint density at radius 2 is 2.00 bits per heavy atom. The predicted octanol–water partition coefficient (Wildman–Crippen LogP) is 1.87. The van der Waals surface area contributed by atoms with Crippen LogP contribution >= 0.6 is 0 Å². The van der Waals surface area contributed by atoms with Gasteiger partial charge in [-0.1, -0.05) is 37.3 Å². The van der Waals surface area contributed by atoms with Gasteiger partial charge in [0.25, 0.3) is 0 Å².